The second-order valence-corrected chi connectivity index (χ2v) is 5.79. The summed E-state index contributed by atoms with van der Waals surface area (Å²) >= 11 is 1.47. The van der Waals surface area contributed by atoms with Crippen molar-refractivity contribution in [3.05, 3.63) is 21.9 Å². The molecule has 19 heavy (non-hydrogen) atoms. The zero-order valence-corrected chi connectivity index (χ0v) is 12.3. The van der Waals surface area contributed by atoms with Crippen molar-refractivity contribution < 1.29 is 4.79 Å². The van der Waals surface area contributed by atoms with Gasteiger partial charge in [-0.15, -0.1) is 11.3 Å². The maximum absolute atomic E-state index is 12.7. The van der Waals surface area contributed by atoms with E-state index in [0.29, 0.717) is 18.6 Å². The summed E-state index contributed by atoms with van der Waals surface area (Å²) in [7, 11) is 0. The Kier molecular flexibility index (Phi) is 4.62. The molecule has 2 rings (SSSR count). The molecule has 0 spiro atoms. The van der Waals surface area contributed by atoms with Crippen LogP contribution in [0.4, 0.5) is 0 Å². The third-order valence-electron chi connectivity index (χ3n) is 3.68. The quantitative estimate of drug-likeness (QED) is 0.843. The van der Waals surface area contributed by atoms with E-state index in [0.717, 1.165) is 29.7 Å². The second-order valence-electron chi connectivity index (χ2n) is 4.87. The van der Waals surface area contributed by atoms with Gasteiger partial charge in [0.2, 0.25) is 0 Å². The SMILES string of the molecule is CCC1CCC(C)N1C(=O)c1sccc1C#CCN. The first-order chi connectivity index (χ1) is 9.19. The van der Waals surface area contributed by atoms with Crippen LogP contribution >= 0.6 is 11.3 Å². The van der Waals surface area contributed by atoms with Crippen molar-refractivity contribution in [2.24, 2.45) is 5.73 Å². The molecule has 1 amide bonds. The standard InChI is InChI=1S/C15H20N2OS/c1-3-13-7-6-11(2)17(13)15(18)14-12(5-4-9-16)8-10-19-14/h8,10-11,13H,3,6-7,9,16H2,1-2H3. The number of likely N-dealkylation sites (tertiary alicyclic amines) is 1. The predicted molar refractivity (Wildman–Crippen MR) is 79.2 cm³/mol. The molecule has 1 aromatic rings. The molecule has 1 aromatic heterocycles. The molecule has 1 aliphatic rings. The van der Waals surface area contributed by atoms with Crippen LogP contribution in [0.3, 0.4) is 0 Å². The molecule has 0 aliphatic carbocycles. The van der Waals surface area contributed by atoms with Crippen molar-refractivity contribution in [1.29, 1.82) is 0 Å². The highest BCUT2D eigenvalue weighted by Crippen LogP contribution is 2.30. The van der Waals surface area contributed by atoms with E-state index in [1.165, 1.54) is 11.3 Å². The molecule has 4 heteroatoms. The highest BCUT2D eigenvalue weighted by atomic mass is 32.1. The first kappa shape index (κ1) is 14.1. The number of thiophene rings is 1. The maximum atomic E-state index is 12.7. The van der Waals surface area contributed by atoms with E-state index < -0.39 is 0 Å². The third-order valence-corrected chi connectivity index (χ3v) is 4.58. The molecule has 1 fully saturated rings. The summed E-state index contributed by atoms with van der Waals surface area (Å²) in [6.07, 6.45) is 3.23. The van der Waals surface area contributed by atoms with E-state index in [-0.39, 0.29) is 5.91 Å². The van der Waals surface area contributed by atoms with Crippen LogP contribution in [0.1, 0.15) is 48.3 Å². The highest BCUT2D eigenvalue weighted by molar-refractivity contribution is 7.12. The molecule has 2 atom stereocenters. The van der Waals surface area contributed by atoms with Crippen LogP contribution in [0.5, 0.6) is 0 Å². The van der Waals surface area contributed by atoms with Crippen LogP contribution in [-0.4, -0.2) is 29.4 Å². The minimum absolute atomic E-state index is 0.133. The number of amides is 1. The van der Waals surface area contributed by atoms with Gasteiger partial charge in [-0.3, -0.25) is 4.79 Å². The highest BCUT2D eigenvalue weighted by Gasteiger charge is 2.34. The van der Waals surface area contributed by atoms with Crippen molar-refractivity contribution in [2.75, 3.05) is 6.54 Å². The minimum atomic E-state index is 0.133. The molecule has 1 saturated heterocycles. The molecule has 2 heterocycles. The van der Waals surface area contributed by atoms with Gasteiger partial charge in [0.1, 0.15) is 4.88 Å². The first-order valence-corrected chi connectivity index (χ1v) is 7.66. The molecule has 3 nitrogen and oxygen atoms in total. The van der Waals surface area contributed by atoms with Crippen LogP contribution in [0.2, 0.25) is 0 Å². The van der Waals surface area contributed by atoms with E-state index in [9.17, 15) is 4.79 Å². The monoisotopic (exact) mass is 276 g/mol. The van der Waals surface area contributed by atoms with Gasteiger partial charge in [0.05, 0.1) is 6.54 Å². The number of nitrogens with zero attached hydrogens (tertiary/aromatic N) is 1. The van der Waals surface area contributed by atoms with E-state index in [2.05, 4.69) is 25.7 Å². The van der Waals surface area contributed by atoms with Gasteiger partial charge in [-0.2, -0.15) is 0 Å². The summed E-state index contributed by atoms with van der Waals surface area (Å²) in [5.41, 5.74) is 6.21. The lowest BCUT2D eigenvalue weighted by atomic mass is 10.1. The van der Waals surface area contributed by atoms with Crippen LogP contribution in [0, 0.1) is 11.8 Å². The largest absolute Gasteiger partial charge is 0.332 e. The summed E-state index contributed by atoms with van der Waals surface area (Å²) in [5.74, 6) is 5.95. The Morgan fingerprint density at radius 3 is 3.05 bits per heavy atom. The number of hydrogen-bond donors (Lipinski definition) is 1. The number of carbonyl (C=O) groups excluding carboxylic acids is 1. The molecule has 2 N–H and O–H groups in total. The van der Waals surface area contributed by atoms with E-state index in [1.54, 1.807) is 0 Å². The maximum Gasteiger partial charge on any atom is 0.265 e. The van der Waals surface area contributed by atoms with E-state index in [1.807, 2.05) is 16.3 Å². The average molecular weight is 276 g/mol. The molecule has 0 aromatic carbocycles. The predicted octanol–water partition coefficient (Wildman–Crippen LogP) is 2.46. The average Bonchev–Trinajstić information content (AvgIpc) is 3.01. The molecule has 0 bridgehead atoms. The van der Waals surface area contributed by atoms with Gasteiger partial charge in [-0.1, -0.05) is 18.8 Å². The van der Waals surface area contributed by atoms with Gasteiger partial charge in [-0.05, 0) is 37.6 Å². The van der Waals surface area contributed by atoms with Crippen molar-refractivity contribution in [3.8, 4) is 11.8 Å². The second kappa shape index (κ2) is 6.23. The van der Waals surface area contributed by atoms with Crippen LogP contribution in [0.15, 0.2) is 11.4 Å². The number of carbonyl (C=O) groups is 1. The molecule has 1 aliphatic heterocycles. The number of hydrogen-bond acceptors (Lipinski definition) is 3. The van der Waals surface area contributed by atoms with Gasteiger partial charge in [-0.25, -0.2) is 0 Å². The zero-order chi connectivity index (χ0) is 13.8. The van der Waals surface area contributed by atoms with Crippen molar-refractivity contribution in [3.63, 3.8) is 0 Å². The molecule has 0 saturated carbocycles. The Bertz CT molecular complexity index is 512. The third kappa shape index (κ3) is 2.83. The topological polar surface area (TPSA) is 46.3 Å². The normalized spacial score (nSPS) is 22.2. The Morgan fingerprint density at radius 2 is 2.37 bits per heavy atom. The van der Waals surface area contributed by atoms with Gasteiger partial charge >= 0.3 is 0 Å². The fourth-order valence-corrected chi connectivity index (χ4v) is 3.47. The first-order valence-electron chi connectivity index (χ1n) is 6.78. The zero-order valence-electron chi connectivity index (χ0n) is 11.5. The summed E-state index contributed by atoms with van der Waals surface area (Å²) in [6, 6.07) is 2.61. The van der Waals surface area contributed by atoms with Gasteiger partial charge in [0.25, 0.3) is 5.91 Å². The molecule has 2 unspecified atom stereocenters. The van der Waals surface area contributed by atoms with Crippen LogP contribution < -0.4 is 5.73 Å². The smallest absolute Gasteiger partial charge is 0.265 e. The van der Waals surface area contributed by atoms with Crippen LogP contribution in [-0.2, 0) is 0 Å². The number of nitrogens with two attached hydrogens (primary N) is 1. The minimum Gasteiger partial charge on any atom is -0.332 e. The van der Waals surface area contributed by atoms with Crippen LogP contribution in [0.25, 0.3) is 0 Å². The van der Waals surface area contributed by atoms with Crippen molar-refractivity contribution >= 4 is 17.2 Å². The Hall–Kier alpha value is -1.31. The van der Waals surface area contributed by atoms with Crippen molar-refractivity contribution in [2.45, 2.75) is 45.2 Å². The van der Waals surface area contributed by atoms with Gasteiger partial charge < -0.3 is 10.6 Å². The fraction of sp³-hybridized carbons (Fsp3) is 0.533. The lowest BCUT2D eigenvalue weighted by Gasteiger charge is -2.27. The summed E-state index contributed by atoms with van der Waals surface area (Å²) in [4.78, 5) is 15.5. The Labute approximate surface area is 118 Å². The lowest BCUT2D eigenvalue weighted by molar-refractivity contribution is 0.0681. The van der Waals surface area contributed by atoms with Crippen molar-refractivity contribution in [1.82, 2.24) is 4.90 Å². The molecular formula is C15H20N2OS. The molecular weight excluding hydrogens is 256 g/mol. The van der Waals surface area contributed by atoms with Gasteiger partial charge in [0.15, 0.2) is 0 Å². The summed E-state index contributed by atoms with van der Waals surface area (Å²) in [5, 5.41) is 1.93. The number of rotatable bonds is 2. The lowest BCUT2D eigenvalue weighted by Crippen LogP contribution is -2.39. The molecule has 0 radical (unpaired) electrons. The molecule has 102 valence electrons. The Balaban J connectivity index is 2.26. The Morgan fingerprint density at radius 1 is 1.58 bits per heavy atom. The summed E-state index contributed by atoms with van der Waals surface area (Å²) < 4.78 is 0. The van der Waals surface area contributed by atoms with E-state index in [4.69, 9.17) is 5.73 Å². The fourth-order valence-electron chi connectivity index (χ4n) is 2.68. The van der Waals surface area contributed by atoms with Gasteiger partial charge in [0, 0.05) is 17.6 Å². The summed E-state index contributed by atoms with van der Waals surface area (Å²) in [6.45, 7) is 4.60. The van der Waals surface area contributed by atoms with E-state index >= 15 is 0 Å².